The number of benzene rings is 1. The van der Waals surface area contributed by atoms with Gasteiger partial charge in [-0.25, -0.2) is 0 Å². The van der Waals surface area contributed by atoms with Gasteiger partial charge in [0.05, 0.1) is 5.69 Å². The van der Waals surface area contributed by atoms with E-state index >= 15 is 0 Å². The molecule has 0 bridgehead atoms. The number of phenols is 1. The predicted molar refractivity (Wildman–Crippen MR) is 81.1 cm³/mol. The van der Waals surface area contributed by atoms with Crippen LogP contribution in [0.15, 0.2) is 22.7 Å². The monoisotopic (exact) mass is 328 g/mol. The largest absolute Gasteiger partial charge is 0.506 e. The van der Waals surface area contributed by atoms with Gasteiger partial charge in [0.1, 0.15) is 5.75 Å². The molecule has 5 heteroatoms. The average molecular weight is 329 g/mol. The normalized spacial score (nSPS) is 11.4. The van der Waals surface area contributed by atoms with Crippen molar-refractivity contribution >= 4 is 27.5 Å². The lowest BCUT2D eigenvalue weighted by molar-refractivity contribution is -0.116. The van der Waals surface area contributed by atoms with Crippen molar-refractivity contribution in [3.63, 3.8) is 0 Å². The molecule has 0 spiro atoms. The van der Waals surface area contributed by atoms with Crippen molar-refractivity contribution < 1.29 is 9.90 Å². The van der Waals surface area contributed by atoms with Crippen molar-refractivity contribution in [2.45, 2.75) is 33.1 Å². The summed E-state index contributed by atoms with van der Waals surface area (Å²) in [5, 5.41) is 12.4. The maximum atomic E-state index is 11.9. The predicted octanol–water partition coefficient (Wildman–Crippen LogP) is 3.25. The molecule has 0 aliphatic rings. The molecule has 0 aliphatic heterocycles. The number of nitrogens with two attached hydrogens (primary N) is 1. The van der Waals surface area contributed by atoms with E-state index < -0.39 is 0 Å². The molecule has 1 aromatic carbocycles. The number of hydrogen-bond acceptors (Lipinski definition) is 3. The number of carbonyl (C=O) groups is 1. The van der Waals surface area contributed by atoms with E-state index in [0.717, 1.165) is 17.3 Å². The van der Waals surface area contributed by atoms with Crippen molar-refractivity contribution in [3.05, 3.63) is 22.7 Å². The summed E-state index contributed by atoms with van der Waals surface area (Å²) in [6.07, 6.45) is 2.08. The summed E-state index contributed by atoms with van der Waals surface area (Å²) in [5.74, 6) is -0.0312. The standard InChI is InChI=1S/C14H21BrN2O2/c1-14(2,7-8-16)6-5-13(19)17-11-9-10(15)3-4-12(11)18/h3-4,9,18H,5-8,16H2,1-2H3,(H,17,19). The Hall–Kier alpha value is -1.07. The van der Waals surface area contributed by atoms with Crippen molar-refractivity contribution in [3.8, 4) is 5.75 Å². The van der Waals surface area contributed by atoms with Gasteiger partial charge in [0.25, 0.3) is 0 Å². The molecule has 0 fully saturated rings. The molecule has 4 N–H and O–H groups in total. The fourth-order valence-electron chi connectivity index (χ4n) is 1.79. The number of amides is 1. The van der Waals surface area contributed by atoms with Gasteiger partial charge in [-0.15, -0.1) is 0 Å². The Morgan fingerprint density at radius 2 is 2.11 bits per heavy atom. The lowest BCUT2D eigenvalue weighted by Crippen LogP contribution is -2.20. The van der Waals surface area contributed by atoms with E-state index in [9.17, 15) is 9.90 Å². The molecule has 1 rings (SSSR count). The molecule has 0 unspecified atom stereocenters. The van der Waals surface area contributed by atoms with E-state index in [1.807, 2.05) is 0 Å². The Bertz CT molecular complexity index is 447. The quantitative estimate of drug-likeness (QED) is 0.701. The second-order valence-corrected chi connectivity index (χ2v) is 6.33. The number of hydrogen-bond donors (Lipinski definition) is 3. The molecule has 0 radical (unpaired) electrons. The van der Waals surface area contributed by atoms with Crippen LogP contribution in [0.2, 0.25) is 0 Å². The fourth-order valence-corrected chi connectivity index (χ4v) is 2.15. The third kappa shape index (κ3) is 5.61. The first-order chi connectivity index (χ1) is 8.84. The zero-order chi connectivity index (χ0) is 14.5. The van der Waals surface area contributed by atoms with Crippen LogP contribution in [0.3, 0.4) is 0 Å². The van der Waals surface area contributed by atoms with Gasteiger partial charge in [-0.1, -0.05) is 29.8 Å². The number of rotatable bonds is 6. The van der Waals surface area contributed by atoms with Crippen LogP contribution >= 0.6 is 15.9 Å². The third-order valence-electron chi connectivity index (χ3n) is 3.08. The highest BCUT2D eigenvalue weighted by molar-refractivity contribution is 9.10. The first kappa shape index (κ1) is 16.0. The van der Waals surface area contributed by atoms with Gasteiger partial charge in [-0.05, 0) is 43.0 Å². The summed E-state index contributed by atoms with van der Waals surface area (Å²) >= 11 is 3.30. The number of halogens is 1. The second kappa shape index (κ2) is 6.91. The molecule has 0 aliphatic carbocycles. The second-order valence-electron chi connectivity index (χ2n) is 5.41. The molecule has 106 valence electrons. The maximum absolute atomic E-state index is 11.9. The van der Waals surface area contributed by atoms with E-state index in [1.54, 1.807) is 12.1 Å². The maximum Gasteiger partial charge on any atom is 0.224 e. The van der Waals surface area contributed by atoms with E-state index in [4.69, 9.17) is 5.73 Å². The van der Waals surface area contributed by atoms with Gasteiger partial charge < -0.3 is 16.2 Å². The minimum atomic E-state index is -0.0986. The van der Waals surface area contributed by atoms with E-state index in [-0.39, 0.29) is 17.1 Å². The number of carbonyl (C=O) groups excluding carboxylic acids is 1. The van der Waals surface area contributed by atoms with Gasteiger partial charge in [-0.3, -0.25) is 4.79 Å². The summed E-state index contributed by atoms with van der Waals surface area (Å²) in [6, 6.07) is 4.94. The van der Waals surface area contributed by atoms with Gasteiger partial charge in [-0.2, -0.15) is 0 Å². The molecule has 4 nitrogen and oxygen atoms in total. The number of aromatic hydroxyl groups is 1. The van der Waals surface area contributed by atoms with Crippen LogP contribution in [-0.4, -0.2) is 17.6 Å². The van der Waals surface area contributed by atoms with Crippen molar-refractivity contribution in [1.82, 2.24) is 0 Å². The van der Waals surface area contributed by atoms with Crippen LogP contribution in [0, 0.1) is 5.41 Å². The van der Waals surface area contributed by atoms with Crippen LogP contribution in [0.5, 0.6) is 5.75 Å². The van der Waals surface area contributed by atoms with Crippen LogP contribution in [-0.2, 0) is 4.79 Å². The molecule has 0 saturated carbocycles. The molecular weight excluding hydrogens is 308 g/mol. The smallest absolute Gasteiger partial charge is 0.224 e. The Balaban J connectivity index is 2.54. The van der Waals surface area contributed by atoms with Gasteiger partial charge in [0, 0.05) is 10.9 Å². The fraction of sp³-hybridized carbons (Fsp3) is 0.500. The van der Waals surface area contributed by atoms with Crippen LogP contribution in [0.4, 0.5) is 5.69 Å². The zero-order valence-corrected chi connectivity index (χ0v) is 13.0. The van der Waals surface area contributed by atoms with Crippen molar-refractivity contribution in [1.29, 1.82) is 0 Å². The summed E-state index contributed by atoms with van der Waals surface area (Å²) in [4.78, 5) is 11.9. The summed E-state index contributed by atoms with van der Waals surface area (Å²) < 4.78 is 0.809. The minimum absolute atomic E-state index is 0.0609. The van der Waals surface area contributed by atoms with E-state index in [1.165, 1.54) is 6.07 Å². The highest BCUT2D eigenvalue weighted by Crippen LogP contribution is 2.29. The summed E-state index contributed by atoms with van der Waals surface area (Å²) in [6.45, 7) is 4.83. The molecule has 0 heterocycles. The molecule has 1 aromatic rings. The van der Waals surface area contributed by atoms with Gasteiger partial charge in [0.15, 0.2) is 0 Å². The topological polar surface area (TPSA) is 75.4 Å². The highest BCUT2D eigenvalue weighted by atomic mass is 79.9. The highest BCUT2D eigenvalue weighted by Gasteiger charge is 2.18. The molecule has 0 aromatic heterocycles. The van der Waals surface area contributed by atoms with Crippen LogP contribution in [0.1, 0.15) is 33.1 Å². The summed E-state index contributed by atoms with van der Waals surface area (Å²) in [5.41, 5.74) is 6.03. The first-order valence-corrected chi connectivity index (χ1v) is 7.12. The molecule has 0 saturated heterocycles. The SMILES string of the molecule is CC(C)(CCN)CCC(=O)Nc1cc(Br)ccc1O. The Morgan fingerprint density at radius 1 is 1.42 bits per heavy atom. The van der Waals surface area contributed by atoms with Crippen LogP contribution < -0.4 is 11.1 Å². The zero-order valence-electron chi connectivity index (χ0n) is 11.4. The average Bonchev–Trinajstić information content (AvgIpc) is 2.31. The van der Waals surface area contributed by atoms with Crippen molar-refractivity contribution in [2.24, 2.45) is 11.1 Å². The van der Waals surface area contributed by atoms with Gasteiger partial charge >= 0.3 is 0 Å². The molecule has 19 heavy (non-hydrogen) atoms. The number of nitrogens with one attached hydrogen (secondary N) is 1. The Kier molecular flexibility index (Phi) is 5.82. The molecular formula is C14H21BrN2O2. The van der Waals surface area contributed by atoms with Gasteiger partial charge in [0.2, 0.25) is 5.91 Å². The van der Waals surface area contributed by atoms with Crippen LogP contribution in [0.25, 0.3) is 0 Å². The number of phenolic OH excluding ortho intramolecular Hbond substituents is 1. The van der Waals surface area contributed by atoms with E-state index in [0.29, 0.717) is 18.7 Å². The lowest BCUT2D eigenvalue weighted by Gasteiger charge is -2.23. The Morgan fingerprint density at radius 3 is 2.74 bits per heavy atom. The lowest BCUT2D eigenvalue weighted by atomic mass is 9.84. The Labute approximate surface area is 122 Å². The third-order valence-corrected chi connectivity index (χ3v) is 3.58. The van der Waals surface area contributed by atoms with E-state index in [2.05, 4.69) is 35.1 Å². The number of anilines is 1. The van der Waals surface area contributed by atoms with Crippen molar-refractivity contribution in [2.75, 3.05) is 11.9 Å². The minimum Gasteiger partial charge on any atom is -0.506 e. The molecule has 0 atom stereocenters. The first-order valence-electron chi connectivity index (χ1n) is 6.32. The molecule has 1 amide bonds. The summed E-state index contributed by atoms with van der Waals surface area (Å²) in [7, 11) is 0.